The molecule has 0 aliphatic carbocycles. The molecular formula is C21H20N4O2. The van der Waals surface area contributed by atoms with Gasteiger partial charge in [-0.25, -0.2) is 9.97 Å². The Morgan fingerprint density at radius 3 is 2.22 bits per heavy atom. The predicted octanol–water partition coefficient (Wildman–Crippen LogP) is 4.24. The van der Waals surface area contributed by atoms with Gasteiger partial charge in [0, 0.05) is 23.0 Å². The van der Waals surface area contributed by atoms with Crippen LogP contribution in [0.2, 0.25) is 0 Å². The van der Waals surface area contributed by atoms with Gasteiger partial charge < -0.3 is 10.6 Å². The molecule has 2 N–H and O–H groups in total. The molecule has 0 spiro atoms. The standard InChI is InChI=1S/C21H20N4O2/c1-3-15-4-8-18(9-5-15)25-21(27)19-12-20(23-13-22-19)24-17-10-6-16(7-11-17)14(2)26/h4-13H,3H2,1-2H3,(H,25,27)(H,22,23,24). The minimum absolute atomic E-state index is 0.00881. The van der Waals surface area contributed by atoms with E-state index in [0.717, 1.165) is 12.1 Å². The molecule has 0 radical (unpaired) electrons. The van der Waals surface area contributed by atoms with Gasteiger partial charge in [0.1, 0.15) is 17.8 Å². The second-order valence-corrected chi connectivity index (χ2v) is 6.05. The second kappa shape index (κ2) is 8.23. The molecule has 6 heteroatoms. The number of hydrogen-bond donors (Lipinski definition) is 2. The average molecular weight is 360 g/mol. The maximum absolute atomic E-state index is 12.4. The molecule has 0 saturated heterocycles. The van der Waals surface area contributed by atoms with Gasteiger partial charge in [-0.2, -0.15) is 0 Å². The van der Waals surface area contributed by atoms with E-state index >= 15 is 0 Å². The summed E-state index contributed by atoms with van der Waals surface area (Å²) in [5.74, 6) is 0.193. The molecule has 0 aliphatic rings. The molecule has 6 nitrogen and oxygen atoms in total. The lowest BCUT2D eigenvalue weighted by molar-refractivity contribution is 0.101. The van der Waals surface area contributed by atoms with Crippen molar-refractivity contribution in [2.24, 2.45) is 0 Å². The number of aromatic nitrogens is 2. The fourth-order valence-electron chi connectivity index (χ4n) is 2.50. The SMILES string of the molecule is CCc1ccc(NC(=O)c2cc(Nc3ccc(C(C)=O)cc3)ncn2)cc1. The molecule has 1 aromatic heterocycles. The number of nitrogens with one attached hydrogen (secondary N) is 2. The first-order valence-corrected chi connectivity index (χ1v) is 8.65. The van der Waals surface area contributed by atoms with Crippen molar-refractivity contribution < 1.29 is 9.59 Å². The van der Waals surface area contributed by atoms with Gasteiger partial charge in [0.15, 0.2) is 5.78 Å². The molecule has 3 rings (SSSR count). The highest BCUT2D eigenvalue weighted by atomic mass is 16.2. The van der Waals surface area contributed by atoms with Crippen LogP contribution in [0.4, 0.5) is 17.2 Å². The fourth-order valence-corrected chi connectivity index (χ4v) is 2.50. The van der Waals surface area contributed by atoms with Gasteiger partial charge >= 0.3 is 0 Å². The van der Waals surface area contributed by atoms with Crippen LogP contribution in [0.25, 0.3) is 0 Å². The maximum atomic E-state index is 12.4. The third kappa shape index (κ3) is 4.76. The van der Waals surface area contributed by atoms with E-state index in [9.17, 15) is 9.59 Å². The molecule has 0 saturated carbocycles. The summed E-state index contributed by atoms with van der Waals surface area (Å²) in [6, 6.07) is 16.3. The third-order valence-corrected chi connectivity index (χ3v) is 4.08. The van der Waals surface area contributed by atoms with Crippen molar-refractivity contribution in [3.05, 3.63) is 77.7 Å². The third-order valence-electron chi connectivity index (χ3n) is 4.08. The van der Waals surface area contributed by atoms with Crippen LogP contribution in [0.3, 0.4) is 0 Å². The van der Waals surface area contributed by atoms with Crippen LogP contribution in [0, 0.1) is 0 Å². The van der Waals surface area contributed by atoms with E-state index in [1.165, 1.54) is 18.8 Å². The molecule has 0 unspecified atom stereocenters. The Morgan fingerprint density at radius 2 is 1.59 bits per heavy atom. The van der Waals surface area contributed by atoms with Crippen molar-refractivity contribution in [3.63, 3.8) is 0 Å². The van der Waals surface area contributed by atoms with E-state index in [1.54, 1.807) is 30.3 Å². The number of ketones is 1. The molecule has 3 aromatic rings. The lowest BCUT2D eigenvalue weighted by atomic mass is 10.1. The van der Waals surface area contributed by atoms with Crippen LogP contribution >= 0.6 is 0 Å². The number of rotatable bonds is 6. The van der Waals surface area contributed by atoms with Crippen LogP contribution in [-0.4, -0.2) is 21.7 Å². The predicted molar refractivity (Wildman–Crippen MR) is 106 cm³/mol. The summed E-state index contributed by atoms with van der Waals surface area (Å²) < 4.78 is 0. The van der Waals surface area contributed by atoms with E-state index < -0.39 is 0 Å². The Kier molecular flexibility index (Phi) is 5.56. The molecule has 0 atom stereocenters. The molecule has 2 aromatic carbocycles. The van der Waals surface area contributed by atoms with Crippen molar-refractivity contribution in [1.29, 1.82) is 0 Å². The van der Waals surface area contributed by atoms with Crippen molar-refractivity contribution in [2.45, 2.75) is 20.3 Å². The topological polar surface area (TPSA) is 84.0 Å². The van der Waals surface area contributed by atoms with Crippen molar-refractivity contribution in [2.75, 3.05) is 10.6 Å². The molecule has 1 heterocycles. The maximum Gasteiger partial charge on any atom is 0.274 e. The number of aryl methyl sites for hydroxylation is 1. The van der Waals surface area contributed by atoms with Crippen molar-refractivity contribution in [1.82, 2.24) is 9.97 Å². The first-order chi connectivity index (χ1) is 13.0. The Morgan fingerprint density at radius 1 is 0.926 bits per heavy atom. The van der Waals surface area contributed by atoms with E-state index in [2.05, 4.69) is 27.5 Å². The van der Waals surface area contributed by atoms with Crippen molar-refractivity contribution >= 4 is 28.9 Å². The van der Waals surface area contributed by atoms with Crippen LogP contribution in [0.1, 0.15) is 40.3 Å². The Labute approximate surface area is 157 Å². The summed E-state index contributed by atoms with van der Waals surface area (Å²) in [6.45, 7) is 3.60. The summed E-state index contributed by atoms with van der Waals surface area (Å²) >= 11 is 0. The first-order valence-electron chi connectivity index (χ1n) is 8.65. The monoisotopic (exact) mass is 360 g/mol. The van der Waals surface area contributed by atoms with Gasteiger partial charge in [-0.3, -0.25) is 9.59 Å². The smallest absolute Gasteiger partial charge is 0.274 e. The highest BCUT2D eigenvalue weighted by molar-refractivity contribution is 6.03. The van der Waals surface area contributed by atoms with Crippen LogP contribution < -0.4 is 10.6 Å². The fraction of sp³-hybridized carbons (Fsp3) is 0.143. The minimum Gasteiger partial charge on any atom is -0.340 e. The van der Waals surface area contributed by atoms with Gasteiger partial charge in [0.05, 0.1) is 0 Å². The molecule has 27 heavy (non-hydrogen) atoms. The van der Waals surface area contributed by atoms with Crippen LogP contribution in [-0.2, 0) is 6.42 Å². The zero-order valence-corrected chi connectivity index (χ0v) is 15.2. The van der Waals surface area contributed by atoms with Crippen molar-refractivity contribution in [3.8, 4) is 0 Å². The Bertz CT molecular complexity index is 951. The van der Waals surface area contributed by atoms with Gasteiger partial charge in [-0.15, -0.1) is 0 Å². The minimum atomic E-state index is -0.309. The van der Waals surface area contributed by atoms with Gasteiger partial charge in [-0.05, 0) is 55.3 Å². The quantitative estimate of drug-likeness (QED) is 0.643. The zero-order chi connectivity index (χ0) is 19.2. The summed E-state index contributed by atoms with van der Waals surface area (Å²) in [5.41, 5.74) is 3.58. The Hall–Kier alpha value is -3.54. The molecule has 0 fully saturated rings. The summed E-state index contributed by atoms with van der Waals surface area (Å²) in [7, 11) is 0. The highest BCUT2D eigenvalue weighted by Gasteiger charge is 2.10. The number of nitrogens with zero attached hydrogens (tertiary/aromatic N) is 2. The lowest BCUT2D eigenvalue weighted by Gasteiger charge is -2.08. The number of hydrogen-bond acceptors (Lipinski definition) is 5. The molecule has 1 amide bonds. The van der Waals surface area contributed by atoms with E-state index in [1.807, 2.05) is 24.3 Å². The Balaban J connectivity index is 1.70. The number of benzene rings is 2. The first kappa shape index (κ1) is 18.3. The number of amides is 1. The normalized spacial score (nSPS) is 10.3. The summed E-state index contributed by atoms with van der Waals surface area (Å²) in [5, 5.41) is 5.93. The number of anilines is 3. The van der Waals surface area contributed by atoms with Crippen LogP contribution in [0.5, 0.6) is 0 Å². The zero-order valence-electron chi connectivity index (χ0n) is 15.2. The van der Waals surface area contributed by atoms with Gasteiger partial charge in [-0.1, -0.05) is 19.1 Å². The highest BCUT2D eigenvalue weighted by Crippen LogP contribution is 2.17. The summed E-state index contributed by atoms with van der Waals surface area (Å²) in [6.07, 6.45) is 2.28. The van der Waals surface area contributed by atoms with E-state index in [0.29, 0.717) is 17.1 Å². The summed E-state index contributed by atoms with van der Waals surface area (Å²) in [4.78, 5) is 31.9. The van der Waals surface area contributed by atoms with Gasteiger partial charge in [0.2, 0.25) is 0 Å². The molecule has 0 aliphatic heterocycles. The largest absolute Gasteiger partial charge is 0.340 e. The number of Topliss-reactive ketones (excluding diaryl/α,β-unsaturated/α-hetero) is 1. The molecular weight excluding hydrogens is 340 g/mol. The number of carbonyl (C=O) groups is 2. The average Bonchev–Trinajstić information content (AvgIpc) is 2.69. The van der Waals surface area contributed by atoms with E-state index in [-0.39, 0.29) is 17.4 Å². The number of carbonyl (C=O) groups excluding carboxylic acids is 2. The lowest BCUT2D eigenvalue weighted by Crippen LogP contribution is -2.14. The van der Waals surface area contributed by atoms with E-state index in [4.69, 9.17) is 0 Å². The second-order valence-electron chi connectivity index (χ2n) is 6.05. The van der Waals surface area contributed by atoms with Crippen LogP contribution in [0.15, 0.2) is 60.9 Å². The molecule has 0 bridgehead atoms. The molecule has 136 valence electrons. The van der Waals surface area contributed by atoms with Gasteiger partial charge in [0.25, 0.3) is 5.91 Å².